The molecule has 7 aliphatic carbocycles. The molecule has 1 aromatic carbocycles. The summed E-state index contributed by atoms with van der Waals surface area (Å²) >= 11 is 0. The number of halogens is 1. The third kappa shape index (κ3) is 3.76. The van der Waals surface area contributed by atoms with Crippen LogP contribution in [0.4, 0.5) is 15.8 Å². The van der Waals surface area contributed by atoms with Gasteiger partial charge in [0, 0.05) is 29.1 Å². The maximum atomic E-state index is 14.6. The summed E-state index contributed by atoms with van der Waals surface area (Å²) in [7, 11) is 0. The summed E-state index contributed by atoms with van der Waals surface area (Å²) in [5, 5.41) is 8.75. The predicted octanol–water partition coefficient (Wildman–Crippen LogP) is 6.72. The van der Waals surface area contributed by atoms with Gasteiger partial charge in [0.1, 0.15) is 11.3 Å². The first-order chi connectivity index (χ1) is 20.8. The maximum Gasteiger partial charge on any atom is 0.233 e. The molecule has 0 unspecified atom stereocenters. The van der Waals surface area contributed by atoms with E-state index >= 15 is 0 Å². The highest BCUT2D eigenvalue weighted by molar-refractivity contribution is 6.00. The number of benzene rings is 1. The molecule has 0 spiro atoms. The Morgan fingerprint density at radius 2 is 1.86 bits per heavy atom. The van der Waals surface area contributed by atoms with Gasteiger partial charge in [0.15, 0.2) is 5.82 Å². The molecule has 0 radical (unpaired) electrons. The minimum Gasteiger partial charge on any atom is -0.339 e. The average molecular weight is 578 g/mol. The molecule has 7 saturated carbocycles. The third-order valence-corrected chi connectivity index (χ3v) is 11.3. The van der Waals surface area contributed by atoms with Crippen molar-refractivity contribution < 1.29 is 13.7 Å². The van der Waals surface area contributed by atoms with Gasteiger partial charge in [0.25, 0.3) is 0 Å². The second-order valence-electron chi connectivity index (χ2n) is 14.2. The summed E-state index contributed by atoms with van der Waals surface area (Å²) in [4.78, 5) is 29.0. The fourth-order valence-corrected chi connectivity index (χ4v) is 8.53. The standard InChI is InChI=1S/C33H32FN7O2/c1-35-23-14-26-36-16-25(41(26)37-15-23)22-3-2-4-24(13-22)40(29(42)32-17-33(34,18-32)19-32)20-30-7-10-31(11-8-30,12-9-30)28-38-27(39-43-28)21-5-6-21/h2-4,13-16,21H,5-12,17-20H2. The highest BCUT2D eigenvalue weighted by Crippen LogP contribution is 2.70. The van der Waals surface area contributed by atoms with E-state index in [0.717, 1.165) is 80.0 Å². The maximum absolute atomic E-state index is 14.6. The number of aromatic nitrogens is 5. The molecule has 218 valence electrons. The summed E-state index contributed by atoms with van der Waals surface area (Å²) in [6, 6.07) is 9.70. The normalized spacial score (nSPS) is 32.2. The van der Waals surface area contributed by atoms with Crippen LogP contribution in [0.15, 0.2) is 47.2 Å². The summed E-state index contributed by atoms with van der Waals surface area (Å²) in [6.07, 6.45) is 12.6. The minimum atomic E-state index is -1.15. The minimum absolute atomic E-state index is 0.00468. The van der Waals surface area contributed by atoms with Crippen molar-refractivity contribution in [2.45, 2.75) is 87.6 Å². The molecule has 4 aromatic rings. The number of carbonyl (C=O) groups is 1. The van der Waals surface area contributed by atoms with Crippen molar-refractivity contribution in [3.63, 3.8) is 0 Å². The van der Waals surface area contributed by atoms with Crippen LogP contribution in [0.25, 0.3) is 21.7 Å². The van der Waals surface area contributed by atoms with Gasteiger partial charge in [-0.1, -0.05) is 17.3 Å². The van der Waals surface area contributed by atoms with Crippen LogP contribution in [0.2, 0.25) is 0 Å². The van der Waals surface area contributed by atoms with Gasteiger partial charge in [-0.25, -0.2) is 18.7 Å². The number of fused-ring (bicyclic) bond motifs is 4. The lowest BCUT2D eigenvalue weighted by Crippen LogP contribution is -2.71. The molecule has 0 N–H and O–H groups in total. The molecule has 4 bridgehead atoms. The molecular weight excluding hydrogens is 545 g/mol. The fourth-order valence-electron chi connectivity index (χ4n) is 8.53. The van der Waals surface area contributed by atoms with Crippen LogP contribution in [-0.2, 0) is 10.2 Å². The number of hydrogen-bond acceptors (Lipinski definition) is 6. The molecule has 0 aliphatic heterocycles. The Morgan fingerprint density at radius 1 is 1.09 bits per heavy atom. The van der Waals surface area contributed by atoms with Crippen molar-refractivity contribution in [3.8, 4) is 11.3 Å². The van der Waals surface area contributed by atoms with Gasteiger partial charge in [-0.3, -0.25) is 4.79 Å². The summed E-state index contributed by atoms with van der Waals surface area (Å²) in [5.74, 6) is 2.23. The van der Waals surface area contributed by atoms with Crippen molar-refractivity contribution >= 4 is 22.9 Å². The highest BCUT2D eigenvalue weighted by atomic mass is 19.1. The summed E-state index contributed by atoms with van der Waals surface area (Å²) in [5.41, 5.74) is 1.78. The Kier molecular flexibility index (Phi) is 5.01. The van der Waals surface area contributed by atoms with E-state index in [1.807, 2.05) is 29.2 Å². The molecular formula is C33H32FN7O2. The van der Waals surface area contributed by atoms with E-state index in [1.165, 1.54) is 6.20 Å². The first-order valence-electron chi connectivity index (χ1n) is 15.5. The zero-order chi connectivity index (χ0) is 29.0. The fraction of sp³-hybridized carbons (Fsp3) is 0.515. The molecule has 7 fully saturated rings. The molecule has 9 nitrogen and oxygen atoms in total. The van der Waals surface area contributed by atoms with Crippen molar-refractivity contribution in [1.82, 2.24) is 24.7 Å². The smallest absolute Gasteiger partial charge is 0.233 e. The van der Waals surface area contributed by atoms with Crippen LogP contribution in [-0.4, -0.2) is 42.9 Å². The van der Waals surface area contributed by atoms with Crippen LogP contribution < -0.4 is 4.90 Å². The number of imidazole rings is 1. The van der Waals surface area contributed by atoms with Crippen LogP contribution in [0.5, 0.6) is 0 Å². The lowest BCUT2D eigenvalue weighted by Gasteiger charge is -2.65. The van der Waals surface area contributed by atoms with E-state index in [9.17, 15) is 9.18 Å². The molecule has 3 aromatic heterocycles. The van der Waals surface area contributed by atoms with Crippen LogP contribution in [0.1, 0.15) is 88.3 Å². The first kappa shape index (κ1) is 25.4. The van der Waals surface area contributed by atoms with Crippen LogP contribution >= 0.6 is 0 Å². The Labute approximate surface area is 248 Å². The number of amides is 1. The monoisotopic (exact) mass is 577 g/mol. The van der Waals surface area contributed by atoms with Crippen molar-refractivity contribution in [1.29, 1.82) is 0 Å². The van der Waals surface area contributed by atoms with E-state index in [4.69, 9.17) is 16.1 Å². The van der Waals surface area contributed by atoms with E-state index in [-0.39, 0.29) is 16.7 Å². The van der Waals surface area contributed by atoms with Gasteiger partial charge in [-0.05, 0) is 94.2 Å². The SMILES string of the molecule is [C-]#[N+]c1cnn2c(-c3cccc(N(CC45CCC(c6nc(C7CC7)no6)(CC4)CC5)C(=O)C45CC(F)(C4)C5)c3)cnc2c1. The third-order valence-electron chi connectivity index (χ3n) is 11.3. The quantitative estimate of drug-likeness (QED) is 0.226. The number of anilines is 1. The molecule has 7 aliphatic rings. The molecule has 1 amide bonds. The van der Waals surface area contributed by atoms with Gasteiger partial charge in [-0.15, -0.1) is 0 Å². The lowest BCUT2D eigenvalue weighted by molar-refractivity contribution is -0.211. The highest BCUT2D eigenvalue weighted by Gasteiger charge is 2.73. The lowest BCUT2D eigenvalue weighted by atomic mass is 9.41. The van der Waals surface area contributed by atoms with E-state index in [0.29, 0.717) is 43.1 Å². The van der Waals surface area contributed by atoms with Crippen LogP contribution in [0, 0.1) is 17.4 Å². The molecule has 0 atom stereocenters. The van der Waals surface area contributed by atoms with Gasteiger partial charge in [0.05, 0.1) is 30.1 Å². The number of alkyl halides is 1. The largest absolute Gasteiger partial charge is 0.339 e. The van der Waals surface area contributed by atoms with Crippen LogP contribution in [0.3, 0.4) is 0 Å². The predicted molar refractivity (Wildman–Crippen MR) is 155 cm³/mol. The Morgan fingerprint density at radius 3 is 2.56 bits per heavy atom. The van der Waals surface area contributed by atoms with Crippen molar-refractivity contribution in [3.05, 3.63) is 65.9 Å². The van der Waals surface area contributed by atoms with Gasteiger partial charge in [-0.2, -0.15) is 10.1 Å². The number of hydrogen-bond donors (Lipinski definition) is 0. The topological polar surface area (TPSA) is 93.8 Å². The number of carbonyl (C=O) groups excluding carboxylic acids is 1. The molecule has 11 rings (SSSR count). The number of nitrogens with zero attached hydrogens (tertiary/aromatic N) is 7. The Hall–Kier alpha value is -4.13. The first-order valence-corrected chi connectivity index (χ1v) is 15.5. The number of rotatable bonds is 7. The second-order valence-corrected chi connectivity index (χ2v) is 14.2. The molecule has 10 heteroatoms. The van der Waals surface area contributed by atoms with Crippen molar-refractivity contribution in [2.24, 2.45) is 10.8 Å². The summed E-state index contributed by atoms with van der Waals surface area (Å²) < 4.78 is 22.2. The van der Waals surface area contributed by atoms with E-state index in [1.54, 1.807) is 16.8 Å². The van der Waals surface area contributed by atoms with Gasteiger partial charge >= 0.3 is 0 Å². The molecule has 0 saturated heterocycles. The zero-order valence-corrected chi connectivity index (χ0v) is 23.9. The van der Waals surface area contributed by atoms with E-state index < -0.39 is 11.1 Å². The molecule has 43 heavy (non-hydrogen) atoms. The van der Waals surface area contributed by atoms with Gasteiger partial charge < -0.3 is 9.42 Å². The Bertz CT molecular complexity index is 1800. The Balaban J connectivity index is 1.02. The average Bonchev–Trinajstić information content (AvgIpc) is 3.57. The molecule has 3 heterocycles. The van der Waals surface area contributed by atoms with E-state index in [2.05, 4.69) is 20.1 Å². The second kappa shape index (κ2) is 8.49. The summed E-state index contributed by atoms with van der Waals surface area (Å²) in [6.45, 7) is 7.91. The zero-order valence-electron chi connectivity index (χ0n) is 23.9. The van der Waals surface area contributed by atoms with Crippen molar-refractivity contribution in [2.75, 3.05) is 11.4 Å². The van der Waals surface area contributed by atoms with Gasteiger partial charge in [0.2, 0.25) is 17.5 Å².